The Kier molecular flexibility index (Phi) is 3.91. The molecule has 0 aromatic carbocycles. The molecule has 0 unspecified atom stereocenters. The van der Waals surface area contributed by atoms with Crippen LogP contribution in [0.1, 0.15) is 58.3 Å². The van der Waals surface area contributed by atoms with Gasteiger partial charge in [0.1, 0.15) is 5.78 Å². The Morgan fingerprint density at radius 2 is 2.00 bits per heavy atom. The summed E-state index contributed by atoms with van der Waals surface area (Å²) in [6.07, 6.45) is 7.98. The molecular weight excluding hydrogens is 162 g/mol. The van der Waals surface area contributed by atoms with E-state index in [4.69, 9.17) is 5.73 Å². The Labute approximate surface area is 80.9 Å². The van der Waals surface area contributed by atoms with Crippen LogP contribution in [-0.2, 0) is 4.79 Å². The van der Waals surface area contributed by atoms with Gasteiger partial charge in [0, 0.05) is 18.4 Å². The van der Waals surface area contributed by atoms with Crippen molar-refractivity contribution < 1.29 is 4.79 Å². The van der Waals surface area contributed by atoms with Crippen molar-refractivity contribution in [1.82, 2.24) is 0 Å². The van der Waals surface area contributed by atoms with Gasteiger partial charge in [-0.15, -0.1) is 0 Å². The van der Waals surface area contributed by atoms with Crippen molar-refractivity contribution in [2.75, 3.05) is 0 Å². The molecule has 1 aliphatic carbocycles. The van der Waals surface area contributed by atoms with Crippen molar-refractivity contribution in [3.8, 4) is 0 Å². The number of carbonyl (C=O) groups is 1. The summed E-state index contributed by atoms with van der Waals surface area (Å²) in [7, 11) is 0. The number of nitrogens with two attached hydrogens (primary N) is 1. The maximum atomic E-state index is 11.5. The molecule has 1 rings (SSSR count). The molecule has 0 radical (unpaired) electrons. The number of unbranched alkanes of at least 4 members (excludes halogenated alkanes) is 1. The minimum atomic E-state index is -0.134. The van der Waals surface area contributed by atoms with Gasteiger partial charge in [-0.25, -0.2) is 0 Å². The Morgan fingerprint density at radius 3 is 2.54 bits per heavy atom. The van der Waals surface area contributed by atoms with Crippen LogP contribution in [0.2, 0.25) is 0 Å². The highest BCUT2D eigenvalue weighted by molar-refractivity contribution is 5.79. The molecular formula is C11H21NO. The molecule has 0 aromatic heterocycles. The van der Waals surface area contributed by atoms with Crippen LogP contribution in [0.15, 0.2) is 0 Å². The number of hydrogen-bond donors (Lipinski definition) is 1. The molecule has 1 fully saturated rings. The first-order chi connectivity index (χ1) is 6.16. The molecule has 0 bridgehead atoms. The molecule has 1 saturated carbocycles. The van der Waals surface area contributed by atoms with Gasteiger partial charge in [-0.1, -0.05) is 26.2 Å². The second-order valence-corrected chi connectivity index (χ2v) is 4.39. The van der Waals surface area contributed by atoms with Gasteiger partial charge >= 0.3 is 0 Å². The molecule has 0 saturated heterocycles. The lowest BCUT2D eigenvalue weighted by Gasteiger charge is -2.22. The minimum Gasteiger partial charge on any atom is -0.325 e. The summed E-state index contributed by atoms with van der Waals surface area (Å²) in [4.78, 5) is 11.5. The molecule has 1 aliphatic rings. The van der Waals surface area contributed by atoms with Crippen molar-refractivity contribution in [3.63, 3.8) is 0 Å². The van der Waals surface area contributed by atoms with E-state index in [-0.39, 0.29) is 5.54 Å². The van der Waals surface area contributed by atoms with E-state index >= 15 is 0 Å². The van der Waals surface area contributed by atoms with Gasteiger partial charge in [0.25, 0.3) is 0 Å². The summed E-state index contributed by atoms with van der Waals surface area (Å²) in [5.41, 5.74) is 5.98. The van der Waals surface area contributed by atoms with Crippen LogP contribution in [0, 0.1) is 0 Å². The van der Waals surface area contributed by atoms with Gasteiger partial charge in [0.15, 0.2) is 0 Å². The zero-order valence-electron chi connectivity index (χ0n) is 8.64. The third-order valence-electron chi connectivity index (χ3n) is 2.96. The number of Topliss-reactive ketones (excluding diaryl/α,β-unsaturated/α-hetero) is 1. The van der Waals surface area contributed by atoms with Gasteiger partial charge in [0.2, 0.25) is 0 Å². The lowest BCUT2D eigenvalue weighted by molar-refractivity contribution is -0.120. The summed E-state index contributed by atoms with van der Waals surface area (Å²) in [5.74, 6) is 0.367. The van der Waals surface area contributed by atoms with E-state index in [1.165, 1.54) is 12.8 Å². The van der Waals surface area contributed by atoms with Crippen LogP contribution in [-0.4, -0.2) is 11.3 Å². The van der Waals surface area contributed by atoms with Crippen LogP contribution in [0.25, 0.3) is 0 Å². The SMILES string of the molecule is CCCCC(=O)CC1(N)CCCC1. The zero-order chi connectivity index (χ0) is 9.73. The molecule has 2 N–H and O–H groups in total. The first kappa shape index (κ1) is 10.7. The molecule has 2 heteroatoms. The normalized spacial score (nSPS) is 20.5. The van der Waals surface area contributed by atoms with Crippen LogP contribution in [0.5, 0.6) is 0 Å². The van der Waals surface area contributed by atoms with E-state index in [0.29, 0.717) is 12.2 Å². The van der Waals surface area contributed by atoms with E-state index < -0.39 is 0 Å². The van der Waals surface area contributed by atoms with E-state index in [1.807, 2.05) is 0 Å². The van der Waals surface area contributed by atoms with E-state index in [2.05, 4.69) is 6.92 Å². The maximum absolute atomic E-state index is 11.5. The Hall–Kier alpha value is -0.370. The van der Waals surface area contributed by atoms with Gasteiger partial charge in [-0.05, 0) is 19.3 Å². The molecule has 0 aromatic rings. The number of hydrogen-bond acceptors (Lipinski definition) is 2. The number of rotatable bonds is 5. The molecule has 76 valence electrons. The molecule has 0 atom stereocenters. The molecule has 0 spiro atoms. The highest BCUT2D eigenvalue weighted by Gasteiger charge is 2.31. The van der Waals surface area contributed by atoms with Gasteiger partial charge in [-0.2, -0.15) is 0 Å². The fraction of sp³-hybridized carbons (Fsp3) is 0.909. The van der Waals surface area contributed by atoms with Crippen LogP contribution in [0.4, 0.5) is 0 Å². The van der Waals surface area contributed by atoms with Crippen molar-refractivity contribution >= 4 is 5.78 Å². The first-order valence-corrected chi connectivity index (χ1v) is 5.47. The third-order valence-corrected chi connectivity index (χ3v) is 2.96. The monoisotopic (exact) mass is 183 g/mol. The highest BCUT2D eigenvalue weighted by atomic mass is 16.1. The minimum absolute atomic E-state index is 0.134. The zero-order valence-corrected chi connectivity index (χ0v) is 8.64. The average molecular weight is 183 g/mol. The summed E-state index contributed by atoms with van der Waals surface area (Å²) < 4.78 is 0. The Bertz CT molecular complexity index is 171. The highest BCUT2D eigenvalue weighted by Crippen LogP contribution is 2.30. The van der Waals surface area contributed by atoms with Gasteiger partial charge in [-0.3, -0.25) is 4.79 Å². The first-order valence-electron chi connectivity index (χ1n) is 5.47. The summed E-state index contributed by atoms with van der Waals surface area (Å²) in [6.45, 7) is 2.11. The lowest BCUT2D eigenvalue weighted by Crippen LogP contribution is -2.38. The van der Waals surface area contributed by atoms with Crippen molar-refractivity contribution in [1.29, 1.82) is 0 Å². The molecule has 2 nitrogen and oxygen atoms in total. The van der Waals surface area contributed by atoms with Crippen molar-refractivity contribution in [3.05, 3.63) is 0 Å². The quantitative estimate of drug-likeness (QED) is 0.711. The topological polar surface area (TPSA) is 43.1 Å². The lowest BCUT2D eigenvalue weighted by atomic mass is 9.91. The molecule has 13 heavy (non-hydrogen) atoms. The molecule has 0 aliphatic heterocycles. The van der Waals surface area contributed by atoms with Gasteiger partial charge < -0.3 is 5.73 Å². The average Bonchev–Trinajstić information content (AvgIpc) is 2.48. The third kappa shape index (κ3) is 3.47. The van der Waals surface area contributed by atoms with Crippen LogP contribution >= 0.6 is 0 Å². The molecule has 0 amide bonds. The van der Waals surface area contributed by atoms with E-state index in [0.717, 1.165) is 32.1 Å². The number of ketones is 1. The summed E-state index contributed by atoms with van der Waals surface area (Å²) in [5, 5.41) is 0. The second-order valence-electron chi connectivity index (χ2n) is 4.39. The fourth-order valence-corrected chi connectivity index (χ4v) is 2.11. The smallest absolute Gasteiger partial charge is 0.134 e. The maximum Gasteiger partial charge on any atom is 0.134 e. The predicted molar refractivity (Wildman–Crippen MR) is 54.5 cm³/mol. The summed E-state index contributed by atoms with van der Waals surface area (Å²) in [6, 6.07) is 0. The largest absolute Gasteiger partial charge is 0.325 e. The van der Waals surface area contributed by atoms with E-state index in [9.17, 15) is 4.79 Å². The number of carbonyl (C=O) groups excluding carboxylic acids is 1. The van der Waals surface area contributed by atoms with Crippen LogP contribution < -0.4 is 5.73 Å². The predicted octanol–water partition coefficient (Wildman–Crippen LogP) is 2.41. The second kappa shape index (κ2) is 4.75. The van der Waals surface area contributed by atoms with E-state index in [1.54, 1.807) is 0 Å². The Morgan fingerprint density at radius 1 is 1.38 bits per heavy atom. The summed E-state index contributed by atoms with van der Waals surface area (Å²) >= 11 is 0. The molecule has 0 heterocycles. The van der Waals surface area contributed by atoms with Crippen molar-refractivity contribution in [2.24, 2.45) is 5.73 Å². The van der Waals surface area contributed by atoms with Gasteiger partial charge in [0.05, 0.1) is 0 Å². The van der Waals surface area contributed by atoms with Crippen molar-refractivity contribution in [2.45, 2.75) is 63.8 Å². The van der Waals surface area contributed by atoms with Crippen LogP contribution in [0.3, 0.4) is 0 Å². The standard InChI is InChI=1S/C11H21NO/c1-2-3-6-10(13)9-11(12)7-4-5-8-11/h2-9,12H2,1H3. The fourth-order valence-electron chi connectivity index (χ4n) is 2.11. The Balaban J connectivity index is 2.26.